The van der Waals surface area contributed by atoms with Crippen molar-refractivity contribution in [3.8, 4) is 6.07 Å². The third-order valence-corrected chi connectivity index (χ3v) is 4.66. The average molecular weight is 321 g/mol. The number of aryl methyl sites for hydroxylation is 1. The molecule has 1 aromatic carbocycles. The van der Waals surface area contributed by atoms with E-state index in [4.69, 9.17) is 5.26 Å². The number of hydrogen-bond acceptors (Lipinski definition) is 3. The minimum absolute atomic E-state index is 0.0347. The van der Waals surface area contributed by atoms with Crippen molar-refractivity contribution >= 4 is 5.91 Å². The smallest absolute Gasteiger partial charge is 0.269 e. The molecule has 0 radical (unpaired) electrons. The van der Waals surface area contributed by atoms with Gasteiger partial charge in [0.25, 0.3) is 5.56 Å². The van der Waals surface area contributed by atoms with E-state index in [0.717, 1.165) is 12.8 Å². The fourth-order valence-electron chi connectivity index (χ4n) is 2.91. The van der Waals surface area contributed by atoms with Crippen molar-refractivity contribution in [2.75, 3.05) is 6.54 Å². The second-order valence-corrected chi connectivity index (χ2v) is 6.34. The SMILES string of the molecule is Cc1ccn(CC(=O)NCC2(c3ccccc3)CC2)c(=O)c1C#N. The molecule has 5 nitrogen and oxygen atoms in total. The van der Waals surface area contributed by atoms with E-state index in [9.17, 15) is 9.59 Å². The summed E-state index contributed by atoms with van der Waals surface area (Å²) in [6.07, 6.45) is 3.67. The summed E-state index contributed by atoms with van der Waals surface area (Å²) in [6, 6.07) is 13.7. The Labute approximate surface area is 140 Å². The summed E-state index contributed by atoms with van der Waals surface area (Å²) in [5, 5.41) is 12.0. The van der Waals surface area contributed by atoms with Crippen LogP contribution in [0.1, 0.15) is 29.5 Å². The van der Waals surface area contributed by atoms with Gasteiger partial charge in [-0.25, -0.2) is 0 Å². The van der Waals surface area contributed by atoms with Gasteiger partial charge in [-0.2, -0.15) is 5.26 Å². The number of amides is 1. The van der Waals surface area contributed by atoms with Crippen LogP contribution in [0.3, 0.4) is 0 Å². The van der Waals surface area contributed by atoms with Crippen LogP contribution in [0.4, 0.5) is 0 Å². The maximum atomic E-state index is 12.2. The Hall–Kier alpha value is -2.87. The van der Waals surface area contributed by atoms with Crippen molar-refractivity contribution in [1.82, 2.24) is 9.88 Å². The van der Waals surface area contributed by atoms with Crippen LogP contribution in [0, 0.1) is 18.3 Å². The fourth-order valence-corrected chi connectivity index (χ4v) is 2.91. The highest BCUT2D eigenvalue weighted by Crippen LogP contribution is 2.47. The molecule has 24 heavy (non-hydrogen) atoms. The van der Waals surface area contributed by atoms with Crippen LogP contribution in [0.2, 0.25) is 0 Å². The summed E-state index contributed by atoms with van der Waals surface area (Å²) in [5.41, 5.74) is 1.57. The lowest BCUT2D eigenvalue weighted by Crippen LogP contribution is -2.37. The number of nitriles is 1. The first-order valence-electron chi connectivity index (χ1n) is 7.98. The van der Waals surface area contributed by atoms with Gasteiger partial charge in [-0.3, -0.25) is 9.59 Å². The first-order chi connectivity index (χ1) is 11.6. The van der Waals surface area contributed by atoms with E-state index >= 15 is 0 Å². The Morgan fingerprint density at radius 3 is 2.62 bits per heavy atom. The summed E-state index contributed by atoms with van der Waals surface area (Å²) in [5.74, 6) is -0.216. The largest absolute Gasteiger partial charge is 0.354 e. The Morgan fingerprint density at radius 2 is 2.00 bits per heavy atom. The lowest BCUT2D eigenvalue weighted by Gasteiger charge is -2.17. The van der Waals surface area contributed by atoms with Gasteiger partial charge in [0.2, 0.25) is 5.91 Å². The Bertz CT molecular complexity index is 858. The summed E-state index contributed by atoms with van der Waals surface area (Å²) in [6.45, 7) is 2.21. The van der Waals surface area contributed by atoms with Crippen molar-refractivity contribution in [2.24, 2.45) is 0 Å². The van der Waals surface area contributed by atoms with Gasteiger partial charge in [0, 0.05) is 18.2 Å². The minimum Gasteiger partial charge on any atom is -0.354 e. The topological polar surface area (TPSA) is 74.9 Å². The standard InChI is InChI=1S/C19H19N3O2/c1-14-7-10-22(18(24)16(14)11-20)12-17(23)21-13-19(8-9-19)15-5-3-2-4-6-15/h2-7,10H,8-9,12-13H2,1H3,(H,21,23). The summed E-state index contributed by atoms with van der Waals surface area (Å²) < 4.78 is 1.28. The van der Waals surface area contributed by atoms with Crippen LogP contribution in [-0.4, -0.2) is 17.0 Å². The number of hydrogen-bond donors (Lipinski definition) is 1. The van der Waals surface area contributed by atoms with Gasteiger partial charge in [-0.15, -0.1) is 0 Å². The zero-order chi connectivity index (χ0) is 17.2. The third-order valence-electron chi connectivity index (χ3n) is 4.66. The first kappa shape index (κ1) is 16.0. The molecule has 122 valence electrons. The first-order valence-corrected chi connectivity index (χ1v) is 7.98. The molecular weight excluding hydrogens is 302 g/mol. The normalized spacial score (nSPS) is 14.7. The highest BCUT2D eigenvalue weighted by atomic mass is 16.2. The predicted molar refractivity (Wildman–Crippen MR) is 90.5 cm³/mol. The average Bonchev–Trinajstić information content (AvgIpc) is 3.38. The summed E-state index contributed by atoms with van der Waals surface area (Å²) in [7, 11) is 0. The van der Waals surface area contributed by atoms with Crippen LogP contribution < -0.4 is 10.9 Å². The second-order valence-electron chi connectivity index (χ2n) is 6.34. The highest BCUT2D eigenvalue weighted by molar-refractivity contribution is 5.76. The van der Waals surface area contributed by atoms with Crippen molar-refractivity contribution in [3.05, 3.63) is 69.6 Å². The molecule has 0 aliphatic heterocycles. The number of nitrogens with one attached hydrogen (secondary N) is 1. The summed E-state index contributed by atoms with van der Waals surface area (Å²) in [4.78, 5) is 24.4. The van der Waals surface area contributed by atoms with Crippen LogP contribution in [0.5, 0.6) is 0 Å². The molecule has 1 N–H and O–H groups in total. The fraction of sp³-hybridized carbons (Fsp3) is 0.316. The molecule has 0 bridgehead atoms. The highest BCUT2D eigenvalue weighted by Gasteiger charge is 2.44. The zero-order valence-electron chi connectivity index (χ0n) is 13.6. The lowest BCUT2D eigenvalue weighted by molar-refractivity contribution is -0.121. The number of nitrogens with zero attached hydrogens (tertiary/aromatic N) is 2. The Kier molecular flexibility index (Phi) is 4.22. The van der Waals surface area contributed by atoms with Crippen molar-refractivity contribution in [1.29, 1.82) is 5.26 Å². The van der Waals surface area contributed by atoms with Gasteiger partial charge in [0.1, 0.15) is 18.2 Å². The molecule has 1 aliphatic rings. The van der Waals surface area contributed by atoms with Crippen LogP contribution >= 0.6 is 0 Å². The van der Waals surface area contributed by atoms with E-state index in [1.807, 2.05) is 24.3 Å². The molecular formula is C19H19N3O2. The van der Waals surface area contributed by atoms with Gasteiger partial charge >= 0.3 is 0 Å². The molecule has 5 heteroatoms. The van der Waals surface area contributed by atoms with E-state index < -0.39 is 5.56 Å². The van der Waals surface area contributed by atoms with Gasteiger partial charge in [0.05, 0.1) is 0 Å². The molecule has 1 aromatic heterocycles. The second kappa shape index (κ2) is 6.32. The van der Waals surface area contributed by atoms with Gasteiger partial charge in [0.15, 0.2) is 0 Å². The maximum Gasteiger partial charge on any atom is 0.269 e. The number of carbonyl (C=O) groups excluding carboxylic acids is 1. The number of aromatic nitrogens is 1. The molecule has 2 aromatic rings. The number of benzene rings is 1. The number of carbonyl (C=O) groups is 1. The molecule has 1 heterocycles. The molecule has 0 saturated heterocycles. The molecule has 3 rings (SSSR count). The molecule has 0 atom stereocenters. The van der Waals surface area contributed by atoms with Gasteiger partial charge in [-0.1, -0.05) is 30.3 Å². The molecule has 1 aliphatic carbocycles. The van der Waals surface area contributed by atoms with Gasteiger partial charge < -0.3 is 9.88 Å². The van der Waals surface area contributed by atoms with E-state index in [1.54, 1.807) is 19.2 Å². The van der Waals surface area contributed by atoms with Gasteiger partial charge in [-0.05, 0) is 37.0 Å². The van der Waals surface area contributed by atoms with Crippen LogP contribution in [-0.2, 0) is 16.8 Å². The summed E-state index contributed by atoms with van der Waals surface area (Å²) >= 11 is 0. The van der Waals surface area contributed by atoms with Crippen molar-refractivity contribution < 1.29 is 4.79 Å². The van der Waals surface area contributed by atoms with Crippen LogP contribution in [0.15, 0.2) is 47.4 Å². The number of rotatable bonds is 5. The zero-order valence-corrected chi connectivity index (χ0v) is 13.6. The predicted octanol–water partition coefficient (Wildman–Crippen LogP) is 1.88. The van der Waals surface area contributed by atoms with Crippen molar-refractivity contribution in [2.45, 2.75) is 31.7 Å². The lowest BCUT2D eigenvalue weighted by atomic mass is 9.96. The third kappa shape index (κ3) is 3.09. The molecule has 1 saturated carbocycles. The quantitative estimate of drug-likeness (QED) is 0.913. The molecule has 1 amide bonds. The van der Waals surface area contributed by atoms with Crippen LogP contribution in [0.25, 0.3) is 0 Å². The number of pyridine rings is 1. The Balaban J connectivity index is 1.66. The van der Waals surface area contributed by atoms with E-state index in [2.05, 4.69) is 17.4 Å². The molecule has 0 spiro atoms. The maximum absolute atomic E-state index is 12.2. The minimum atomic E-state index is -0.420. The molecule has 0 unspecified atom stereocenters. The van der Waals surface area contributed by atoms with E-state index in [0.29, 0.717) is 12.1 Å². The van der Waals surface area contributed by atoms with E-state index in [1.165, 1.54) is 10.1 Å². The monoisotopic (exact) mass is 321 g/mol. The van der Waals surface area contributed by atoms with Crippen molar-refractivity contribution in [3.63, 3.8) is 0 Å². The Morgan fingerprint density at radius 1 is 1.29 bits per heavy atom. The molecule has 1 fully saturated rings. The van der Waals surface area contributed by atoms with E-state index in [-0.39, 0.29) is 23.4 Å².